The number of rotatable bonds is 10. The van der Waals surface area contributed by atoms with Crippen LogP contribution in [0.2, 0.25) is 0 Å². The minimum atomic E-state index is -0.426. The molecule has 0 aliphatic heterocycles. The van der Waals surface area contributed by atoms with E-state index in [2.05, 4.69) is 21.2 Å². The number of nitrogens with zero attached hydrogens (tertiary/aromatic N) is 1. The van der Waals surface area contributed by atoms with E-state index in [4.69, 9.17) is 14.2 Å². The Balaban J connectivity index is 1.65. The number of halogens is 1. The zero-order chi connectivity index (χ0) is 22.2. The molecule has 0 unspecified atom stereocenters. The summed E-state index contributed by atoms with van der Waals surface area (Å²) in [4.78, 5) is 10.4. The third kappa shape index (κ3) is 6.11. The maximum atomic E-state index is 10.8. The van der Waals surface area contributed by atoms with Crippen LogP contribution in [0.4, 0.5) is 11.4 Å². The van der Waals surface area contributed by atoms with Gasteiger partial charge in [0.2, 0.25) is 0 Å². The molecule has 0 saturated heterocycles. The SMILES string of the molecule is CCOc1ccc(NCc2cc(Br)c(OCc3ccc([N+](=O)[O-])cc3)c(OC)c2)cc1. The van der Waals surface area contributed by atoms with Gasteiger partial charge in [0.25, 0.3) is 5.69 Å². The highest BCUT2D eigenvalue weighted by Crippen LogP contribution is 2.37. The van der Waals surface area contributed by atoms with Gasteiger partial charge in [0.1, 0.15) is 12.4 Å². The molecule has 0 aliphatic rings. The fraction of sp³-hybridized carbons (Fsp3) is 0.217. The summed E-state index contributed by atoms with van der Waals surface area (Å²) in [5.74, 6) is 2.01. The van der Waals surface area contributed by atoms with E-state index in [9.17, 15) is 10.1 Å². The molecule has 3 aromatic carbocycles. The summed E-state index contributed by atoms with van der Waals surface area (Å²) in [6.07, 6.45) is 0. The van der Waals surface area contributed by atoms with Crippen LogP contribution in [0.25, 0.3) is 0 Å². The number of ether oxygens (including phenoxy) is 3. The molecule has 0 radical (unpaired) electrons. The van der Waals surface area contributed by atoms with Gasteiger partial charge in [-0.05, 0) is 82.5 Å². The van der Waals surface area contributed by atoms with Crippen LogP contribution in [0.1, 0.15) is 18.1 Å². The minimum Gasteiger partial charge on any atom is -0.494 e. The van der Waals surface area contributed by atoms with Crippen molar-refractivity contribution < 1.29 is 19.1 Å². The zero-order valence-electron chi connectivity index (χ0n) is 17.3. The predicted molar refractivity (Wildman–Crippen MR) is 123 cm³/mol. The number of nitro benzene ring substituents is 1. The molecule has 0 aliphatic carbocycles. The average Bonchev–Trinajstić information content (AvgIpc) is 2.78. The number of nitrogens with one attached hydrogen (secondary N) is 1. The van der Waals surface area contributed by atoms with Gasteiger partial charge < -0.3 is 19.5 Å². The van der Waals surface area contributed by atoms with Gasteiger partial charge in [-0.15, -0.1) is 0 Å². The van der Waals surface area contributed by atoms with Crippen molar-refractivity contribution in [2.75, 3.05) is 19.0 Å². The van der Waals surface area contributed by atoms with Crippen LogP contribution in [0.15, 0.2) is 65.1 Å². The molecule has 0 heterocycles. The van der Waals surface area contributed by atoms with Crippen LogP contribution in [-0.2, 0) is 13.2 Å². The van der Waals surface area contributed by atoms with Crippen molar-refractivity contribution in [3.8, 4) is 17.2 Å². The highest BCUT2D eigenvalue weighted by atomic mass is 79.9. The van der Waals surface area contributed by atoms with E-state index in [0.717, 1.165) is 27.0 Å². The second kappa shape index (κ2) is 10.7. The normalized spacial score (nSPS) is 10.4. The summed E-state index contributed by atoms with van der Waals surface area (Å²) in [7, 11) is 1.59. The summed E-state index contributed by atoms with van der Waals surface area (Å²) >= 11 is 3.56. The van der Waals surface area contributed by atoms with E-state index in [0.29, 0.717) is 24.7 Å². The topological polar surface area (TPSA) is 82.9 Å². The van der Waals surface area contributed by atoms with Gasteiger partial charge in [-0.1, -0.05) is 0 Å². The van der Waals surface area contributed by atoms with Crippen molar-refractivity contribution in [1.82, 2.24) is 0 Å². The highest BCUT2D eigenvalue weighted by molar-refractivity contribution is 9.10. The summed E-state index contributed by atoms with van der Waals surface area (Å²) < 4.78 is 17.7. The van der Waals surface area contributed by atoms with Crippen LogP contribution < -0.4 is 19.5 Å². The zero-order valence-corrected chi connectivity index (χ0v) is 18.8. The minimum absolute atomic E-state index is 0.0480. The maximum Gasteiger partial charge on any atom is 0.269 e. The molecule has 0 atom stereocenters. The second-order valence-corrected chi connectivity index (χ2v) is 7.49. The molecular weight excluding hydrogens is 464 g/mol. The number of anilines is 1. The van der Waals surface area contributed by atoms with Crippen LogP contribution in [-0.4, -0.2) is 18.6 Å². The standard InChI is InChI=1S/C23H23BrN2O5/c1-3-30-20-10-6-18(7-11-20)25-14-17-12-21(24)23(22(13-17)29-2)31-15-16-4-8-19(9-5-16)26(27)28/h4-13,25H,3,14-15H2,1-2H3. The number of benzene rings is 3. The van der Waals surface area contributed by atoms with Crippen molar-refractivity contribution in [1.29, 1.82) is 0 Å². The molecular formula is C23H23BrN2O5. The fourth-order valence-electron chi connectivity index (χ4n) is 2.92. The number of nitro groups is 1. The summed E-state index contributed by atoms with van der Waals surface area (Å²) in [6, 6.07) is 17.9. The monoisotopic (exact) mass is 486 g/mol. The molecule has 0 amide bonds. The smallest absolute Gasteiger partial charge is 0.269 e. The highest BCUT2D eigenvalue weighted by Gasteiger charge is 2.13. The number of hydrogen-bond acceptors (Lipinski definition) is 6. The predicted octanol–water partition coefficient (Wildman–Crippen LogP) is 5.96. The number of methoxy groups -OCH3 is 1. The molecule has 3 aromatic rings. The molecule has 3 rings (SSSR count). The molecule has 0 saturated carbocycles. The lowest BCUT2D eigenvalue weighted by atomic mass is 10.2. The van der Waals surface area contributed by atoms with E-state index in [1.165, 1.54) is 12.1 Å². The molecule has 162 valence electrons. The quantitative estimate of drug-likeness (QED) is 0.281. The van der Waals surface area contributed by atoms with Gasteiger partial charge in [0.05, 0.1) is 23.1 Å². The Hall–Kier alpha value is -3.26. The Morgan fingerprint density at radius 2 is 1.71 bits per heavy atom. The lowest BCUT2D eigenvalue weighted by Crippen LogP contribution is -2.03. The van der Waals surface area contributed by atoms with E-state index in [1.807, 2.05) is 43.3 Å². The first-order valence-corrected chi connectivity index (χ1v) is 10.5. The lowest BCUT2D eigenvalue weighted by Gasteiger charge is -2.15. The van der Waals surface area contributed by atoms with Crippen molar-refractivity contribution >= 4 is 27.3 Å². The fourth-order valence-corrected chi connectivity index (χ4v) is 3.53. The summed E-state index contributed by atoms with van der Waals surface area (Å²) in [5.41, 5.74) is 2.87. The lowest BCUT2D eigenvalue weighted by molar-refractivity contribution is -0.384. The first-order valence-electron chi connectivity index (χ1n) is 9.69. The molecule has 0 aromatic heterocycles. The first kappa shape index (κ1) is 22.4. The van der Waals surface area contributed by atoms with Gasteiger partial charge >= 0.3 is 0 Å². The first-order chi connectivity index (χ1) is 15.0. The van der Waals surface area contributed by atoms with Crippen LogP contribution in [0, 0.1) is 10.1 Å². The van der Waals surface area contributed by atoms with Crippen LogP contribution >= 0.6 is 15.9 Å². The Morgan fingerprint density at radius 1 is 1.00 bits per heavy atom. The van der Waals surface area contributed by atoms with Crippen molar-refractivity contribution in [2.24, 2.45) is 0 Å². The second-order valence-electron chi connectivity index (χ2n) is 6.63. The van der Waals surface area contributed by atoms with E-state index < -0.39 is 4.92 Å². The Bertz CT molecular complexity index is 1020. The van der Waals surface area contributed by atoms with Crippen LogP contribution in [0.5, 0.6) is 17.2 Å². The molecule has 0 bridgehead atoms. The maximum absolute atomic E-state index is 10.8. The molecule has 7 nitrogen and oxygen atoms in total. The van der Waals surface area contributed by atoms with Crippen molar-refractivity contribution in [3.05, 3.63) is 86.4 Å². The molecule has 0 fully saturated rings. The third-order valence-electron chi connectivity index (χ3n) is 4.48. The Kier molecular flexibility index (Phi) is 7.72. The van der Waals surface area contributed by atoms with Gasteiger partial charge in [0, 0.05) is 24.4 Å². The molecule has 8 heteroatoms. The third-order valence-corrected chi connectivity index (χ3v) is 5.07. The van der Waals surface area contributed by atoms with E-state index in [-0.39, 0.29) is 12.3 Å². The molecule has 1 N–H and O–H groups in total. The van der Waals surface area contributed by atoms with Gasteiger partial charge in [-0.2, -0.15) is 0 Å². The van der Waals surface area contributed by atoms with Crippen molar-refractivity contribution in [3.63, 3.8) is 0 Å². The number of hydrogen-bond donors (Lipinski definition) is 1. The molecule has 31 heavy (non-hydrogen) atoms. The van der Waals surface area contributed by atoms with Crippen LogP contribution in [0.3, 0.4) is 0 Å². The largest absolute Gasteiger partial charge is 0.494 e. The van der Waals surface area contributed by atoms with Crippen molar-refractivity contribution in [2.45, 2.75) is 20.1 Å². The van der Waals surface area contributed by atoms with Gasteiger partial charge in [-0.25, -0.2) is 0 Å². The van der Waals surface area contributed by atoms with Gasteiger partial charge in [-0.3, -0.25) is 10.1 Å². The Labute approximate surface area is 189 Å². The van der Waals surface area contributed by atoms with Gasteiger partial charge in [0.15, 0.2) is 11.5 Å². The van der Waals surface area contributed by atoms with E-state index >= 15 is 0 Å². The number of non-ortho nitro benzene ring substituents is 1. The summed E-state index contributed by atoms with van der Waals surface area (Å²) in [6.45, 7) is 3.46. The summed E-state index contributed by atoms with van der Waals surface area (Å²) in [5, 5.41) is 14.2. The van der Waals surface area contributed by atoms with E-state index in [1.54, 1.807) is 19.2 Å². The average molecular weight is 487 g/mol. The Morgan fingerprint density at radius 3 is 2.32 bits per heavy atom. The molecule has 0 spiro atoms.